The Balaban J connectivity index is 2.19. The maximum absolute atomic E-state index is 11.9. The number of amides is 1. The van der Waals surface area contributed by atoms with E-state index in [-0.39, 0.29) is 5.91 Å². The highest BCUT2D eigenvalue weighted by Crippen LogP contribution is 2.17. The topological polar surface area (TPSA) is 42.0 Å². The van der Waals surface area contributed by atoms with E-state index in [4.69, 9.17) is 11.6 Å². The zero-order chi connectivity index (χ0) is 12.1. The van der Waals surface area contributed by atoms with Crippen molar-refractivity contribution in [1.29, 1.82) is 0 Å². The summed E-state index contributed by atoms with van der Waals surface area (Å²) in [5, 5.41) is 2.81. The molecule has 1 heterocycles. The second-order valence-corrected chi connectivity index (χ2v) is 3.75. The van der Waals surface area contributed by atoms with Crippen LogP contribution >= 0.6 is 11.6 Å². The SMILES string of the molecule is O=C(Nc1ccccc1CCl)c1cccnc1. The zero-order valence-electron chi connectivity index (χ0n) is 9.06. The van der Waals surface area contributed by atoms with Gasteiger partial charge in [0, 0.05) is 24.0 Å². The Morgan fingerprint density at radius 2 is 2.06 bits per heavy atom. The predicted molar refractivity (Wildman–Crippen MR) is 68.2 cm³/mol. The molecule has 86 valence electrons. The average molecular weight is 247 g/mol. The lowest BCUT2D eigenvalue weighted by Crippen LogP contribution is -2.13. The van der Waals surface area contributed by atoms with Crippen molar-refractivity contribution >= 4 is 23.2 Å². The Morgan fingerprint density at radius 3 is 2.76 bits per heavy atom. The van der Waals surface area contributed by atoms with Gasteiger partial charge in [-0.05, 0) is 23.8 Å². The number of hydrogen-bond acceptors (Lipinski definition) is 2. The van der Waals surface area contributed by atoms with E-state index in [1.165, 1.54) is 6.20 Å². The molecule has 2 aromatic rings. The third-order valence-electron chi connectivity index (χ3n) is 2.33. The fraction of sp³-hybridized carbons (Fsp3) is 0.0769. The minimum atomic E-state index is -0.185. The number of aromatic nitrogens is 1. The van der Waals surface area contributed by atoms with Crippen LogP contribution in [0.15, 0.2) is 48.8 Å². The Kier molecular flexibility index (Phi) is 3.73. The summed E-state index contributed by atoms with van der Waals surface area (Å²) in [6, 6.07) is 10.9. The van der Waals surface area contributed by atoms with Gasteiger partial charge in [-0.1, -0.05) is 18.2 Å². The first-order valence-corrected chi connectivity index (χ1v) is 5.70. The molecule has 1 amide bonds. The van der Waals surface area contributed by atoms with Gasteiger partial charge in [0.25, 0.3) is 5.91 Å². The van der Waals surface area contributed by atoms with Crippen LogP contribution in [0.25, 0.3) is 0 Å². The molecule has 0 fully saturated rings. The van der Waals surface area contributed by atoms with Crippen molar-refractivity contribution in [3.63, 3.8) is 0 Å². The molecule has 0 spiro atoms. The molecule has 0 saturated heterocycles. The minimum Gasteiger partial charge on any atom is -0.322 e. The summed E-state index contributed by atoms with van der Waals surface area (Å²) in [7, 11) is 0. The van der Waals surface area contributed by atoms with Crippen LogP contribution in [-0.4, -0.2) is 10.9 Å². The number of rotatable bonds is 3. The normalized spacial score (nSPS) is 9.94. The van der Waals surface area contributed by atoms with Crippen LogP contribution in [0.2, 0.25) is 0 Å². The maximum atomic E-state index is 11.9. The number of carbonyl (C=O) groups is 1. The van der Waals surface area contributed by atoms with Gasteiger partial charge in [-0.25, -0.2) is 0 Å². The molecule has 0 atom stereocenters. The summed E-state index contributed by atoms with van der Waals surface area (Å²) in [6.07, 6.45) is 3.15. The summed E-state index contributed by atoms with van der Waals surface area (Å²) in [5.74, 6) is 0.180. The number of pyridine rings is 1. The number of halogens is 1. The summed E-state index contributed by atoms with van der Waals surface area (Å²) in [6.45, 7) is 0. The Labute approximate surface area is 104 Å². The standard InChI is InChI=1S/C13H11ClN2O/c14-8-10-4-1-2-6-12(10)16-13(17)11-5-3-7-15-9-11/h1-7,9H,8H2,(H,16,17). The highest BCUT2D eigenvalue weighted by molar-refractivity contribution is 6.17. The molecule has 0 saturated carbocycles. The minimum absolute atomic E-state index is 0.185. The molecule has 1 aromatic heterocycles. The van der Waals surface area contributed by atoms with E-state index in [2.05, 4.69) is 10.3 Å². The molecule has 4 heteroatoms. The fourth-order valence-electron chi connectivity index (χ4n) is 1.45. The largest absolute Gasteiger partial charge is 0.322 e. The maximum Gasteiger partial charge on any atom is 0.257 e. The smallest absolute Gasteiger partial charge is 0.257 e. The lowest BCUT2D eigenvalue weighted by Gasteiger charge is -2.08. The first kappa shape index (κ1) is 11.6. The van der Waals surface area contributed by atoms with Crippen molar-refractivity contribution in [2.45, 2.75) is 5.88 Å². The summed E-state index contributed by atoms with van der Waals surface area (Å²) in [5.41, 5.74) is 2.15. The average Bonchev–Trinajstić information content (AvgIpc) is 2.40. The molecule has 0 aliphatic carbocycles. The number of carbonyl (C=O) groups excluding carboxylic acids is 1. The number of anilines is 1. The molecule has 1 N–H and O–H groups in total. The molecule has 2 rings (SSSR count). The van der Waals surface area contributed by atoms with E-state index in [1.54, 1.807) is 18.3 Å². The van der Waals surface area contributed by atoms with E-state index < -0.39 is 0 Å². The van der Waals surface area contributed by atoms with Gasteiger partial charge in [0.2, 0.25) is 0 Å². The van der Waals surface area contributed by atoms with Crippen molar-refractivity contribution in [3.05, 3.63) is 59.9 Å². The molecular formula is C13H11ClN2O. The second-order valence-electron chi connectivity index (χ2n) is 3.49. The highest BCUT2D eigenvalue weighted by Gasteiger charge is 2.07. The third kappa shape index (κ3) is 2.82. The van der Waals surface area contributed by atoms with Crippen LogP contribution in [0.1, 0.15) is 15.9 Å². The Morgan fingerprint density at radius 1 is 1.24 bits per heavy atom. The van der Waals surface area contributed by atoms with Gasteiger partial charge in [-0.15, -0.1) is 11.6 Å². The van der Waals surface area contributed by atoms with E-state index in [9.17, 15) is 4.79 Å². The predicted octanol–water partition coefficient (Wildman–Crippen LogP) is 3.07. The Bertz CT molecular complexity index is 514. The lowest BCUT2D eigenvalue weighted by atomic mass is 10.2. The highest BCUT2D eigenvalue weighted by atomic mass is 35.5. The monoisotopic (exact) mass is 246 g/mol. The lowest BCUT2D eigenvalue weighted by molar-refractivity contribution is 0.102. The van der Waals surface area contributed by atoms with E-state index in [1.807, 2.05) is 24.3 Å². The Hall–Kier alpha value is -1.87. The molecule has 3 nitrogen and oxygen atoms in total. The summed E-state index contributed by atoms with van der Waals surface area (Å²) >= 11 is 5.80. The number of nitrogens with zero attached hydrogens (tertiary/aromatic N) is 1. The van der Waals surface area contributed by atoms with Crippen molar-refractivity contribution < 1.29 is 4.79 Å². The van der Waals surface area contributed by atoms with Gasteiger partial charge in [0.15, 0.2) is 0 Å². The summed E-state index contributed by atoms with van der Waals surface area (Å²) in [4.78, 5) is 15.8. The first-order chi connectivity index (χ1) is 8.31. The van der Waals surface area contributed by atoms with Crippen molar-refractivity contribution in [1.82, 2.24) is 4.98 Å². The van der Waals surface area contributed by atoms with E-state index in [0.29, 0.717) is 11.4 Å². The number of alkyl halides is 1. The molecular weight excluding hydrogens is 236 g/mol. The molecule has 0 bridgehead atoms. The van der Waals surface area contributed by atoms with Crippen LogP contribution in [0.3, 0.4) is 0 Å². The van der Waals surface area contributed by atoms with Gasteiger partial charge in [0.05, 0.1) is 5.56 Å². The van der Waals surface area contributed by atoms with E-state index >= 15 is 0 Å². The van der Waals surface area contributed by atoms with Gasteiger partial charge < -0.3 is 5.32 Å². The fourth-order valence-corrected chi connectivity index (χ4v) is 1.68. The quantitative estimate of drug-likeness (QED) is 0.846. The van der Waals surface area contributed by atoms with E-state index in [0.717, 1.165) is 11.3 Å². The van der Waals surface area contributed by atoms with Gasteiger partial charge in [-0.3, -0.25) is 9.78 Å². The summed E-state index contributed by atoms with van der Waals surface area (Å²) < 4.78 is 0. The molecule has 0 aliphatic rings. The number of benzene rings is 1. The van der Waals surface area contributed by atoms with Gasteiger partial charge in [-0.2, -0.15) is 0 Å². The van der Waals surface area contributed by atoms with Crippen LogP contribution in [0.5, 0.6) is 0 Å². The van der Waals surface area contributed by atoms with Crippen LogP contribution in [0, 0.1) is 0 Å². The van der Waals surface area contributed by atoms with Gasteiger partial charge in [0.1, 0.15) is 0 Å². The number of para-hydroxylation sites is 1. The van der Waals surface area contributed by atoms with Crippen molar-refractivity contribution in [2.75, 3.05) is 5.32 Å². The van der Waals surface area contributed by atoms with Crippen LogP contribution in [-0.2, 0) is 5.88 Å². The number of hydrogen-bond donors (Lipinski definition) is 1. The number of nitrogens with one attached hydrogen (secondary N) is 1. The van der Waals surface area contributed by atoms with Gasteiger partial charge >= 0.3 is 0 Å². The molecule has 0 aliphatic heterocycles. The van der Waals surface area contributed by atoms with Crippen molar-refractivity contribution in [2.24, 2.45) is 0 Å². The molecule has 0 radical (unpaired) electrons. The molecule has 17 heavy (non-hydrogen) atoms. The third-order valence-corrected chi connectivity index (χ3v) is 2.62. The zero-order valence-corrected chi connectivity index (χ0v) is 9.82. The van der Waals surface area contributed by atoms with Crippen LogP contribution in [0.4, 0.5) is 5.69 Å². The van der Waals surface area contributed by atoms with Crippen molar-refractivity contribution in [3.8, 4) is 0 Å². The second kappa shape index (κ2) is 5.46. The first-order valence-electron chi connectivity index (χ1n) is 5.16. The molecule has 1 aromatic carbocycles. The van der Waals surface area contributed by atoms with Crippen LogP contribution < -0.4 is 5.32 Å². The molecule has 0 unspecified atom stereocenters.